The maximum absolute atomic E-state index is 14.0. The molecule has 178 valence electrons. The molecule has 2 saturated carbocycles. The van der Waals surface area contributed by atoms with Crippen molar-refractivity contribution in [3.63, 3.8) is 0 Å². The third-order valence-corrected chi connectivity index (χ3v) is 7.28. The number of carbonyl (C=O) groups is 2. The highest BCUT2D eigenvalue weighted by molar-refractivity contribution is 7.20. The molecule has 2 heterocycles. The Bertz CT molecular complexity index is 1280. The average Bonchev–Trinajstić information content (AvgIpc) is 3.33. The fourth-order valence-electron chi connectivity index (χ4n) is 4.07. The Hall–Kier alpha value is -3.31. The Morgan fingerprint density at radius 2 is 1.97 bits per heavy atom. The van der Waals surface area contributed by atoms with Crippen molar-refractivity contribution in [2.24, 2.45) is 5.73 Å². The number of halogens is 1. The van der Waals surface area contributed by atoms with Gasteiger partial charge in [0.05, 0.1) is 16.0 Å². The number of nitrogens with two attached hydrogens (primary N) is 1. The predicted molar refractivity (Wildman–Crippen MR) is 127 cm³/mol. The number of aryl methyl sites for hydroxylation is 1. The number of nitrogens with one attached hydrogen (secondary N) is 3. The maximum Gasteiger partial charge on any atom is 0.261 e. The predicted octanol–water partition coefficient (Wildman–Crippen LogP) is 2.76. The van der Waals surface area contributed by atoms with Gasteiger partial charge in [-0.2, -0.15) is 0 Å². The van der Waals surface area contributed by atoms with Gasteiger partial charge in [0.25, 0.3) is 5.91 Å². The summed E-state index contributed by atoms with van der Waals surface area (Å²) in [6, 6.07) is 4.34. The van der Waals surface area contributed by atoms with E-state index in [4.69, 9.17) is 10.5 Å². The lowest BCUT2D eigenvalue weighted by Crippen LogP contribution is -2.48. The van der Waals surface area contributed by atoms with Crippen molar-refractivity contribution in [2.45, 2.75) is 57.3 Å². The molecule has 1 aromatic carbocycles. The number of amides is 2. The standard InChI is InChI=1S/C23H25FN6O3S/c1-10-19-21(26-9-27-23(19)34-20(10)22(32)30-17-8-15(17)25)29-16-4-3-12(24)5-18(16)33-14-6-13(7-14)28-11(2)31/h3-5,9,13-15,17H,6-8,25H2,1-2H3,(H,28,31)(H,30,32)(H,26,27,29)/t13-,14-,15?,17?. The van der Waals surface area contributed by atoms with Crippen LogP contribution in [0.5, 0.6) is 5.75 Å². The first-order valence-electron chi connectivity index (χ1n) is 11.1. The van der Waals surface area contributed by atoms with Crippen molar-refractivity contribution in [3.8, 4) is 5.75 Å². The highest BCUT2D eigenvalue weighted by Crippen LogP contribution is 2.38. The molecule has 0 spiro atoms. The van der Waals surface area contributed by atoms with E-state index in [0.29, 0.717) is 39.8 Å². The molecule has 2 amide bonds. The van der Waals surface area contributed by atoms with E-state index in [-0.39, 0.29) is 36.0 Å². The molecule has 0 aliphatic heterocycles. The molecule has 2 unspecified atom stereocenters. The molecule has 9 nitrogen and oxygen atoms in total. The summed E-state index contributed by atoms with van der Waals surface area (Å²) in [6.07, 6.45) is 3.38. The molecule has 2 aromatic heterocycles. The quantitative estimate of drug-likeness (QED) is 0.406. The second kappa shape index (κ2) is 8.80. The number of aromatic nitrogens is 2. The van der Waals surface area contributed by atoms with Gasteiger partial charge < -0.3 is 26.4 Å². The topological polar surface area (TPSA) is 131 Å². The molecule has 0 saturated heterocycles. The van der Waals surface area contributed by atoms with E-state index in [1.54, 1.807) is 6.07 Å². The van der Waals surface area contributed by atoms with Crippen molar-refractivity contribution in [1.29, 1.82) is 0 Å². The highest BCUT2D eigenvalue weighted by atomic mass is 32.1. The van der Waals surface area contributed by atoms with Crippen LogP contribution in [0.15, 0.2) is 24.5 Å². The number of thiophene rings is 1. The number of rotatable bonds is 7. The fourth-order valence-corrected chi connectivity index (χ4v) is 5.12. The summed E-state index contributed by atoms with van der Waals surface area (Å²) < 4.78 is 20.0. The second-order valence-electron chi connectivity index (χ2n) is 8.81. The Kier molecular flexibility index (Phi) is 5.82. The summed E-state index contributed by atoms with van der Waals surface area (Å²) >= 11 is 1.29. The van der Waals surface area contributed by atoms with E-state index in [9.17, 15) is 14.0 Å². The minimum absolute atomic E-state index is 0.0106. The molecule has 0 radical (unpaired) electrons. The van der Waals surface area contributed by atoms with Crippen LogP contribution < -0.4 is 26.4 Å². The van der Waals surface area contributed by atoms with E-state index >= 15 is 0 Å². The Labute approximate surface area is 199 Å². The van der Waals surface area contributed by atoms with Crippen molar-refractivity contribution >= 4 is 44.9 Å². The van der Waals surface area contributed by atoms with Gasteiger partial charge in [0.15, 0.2) is 0 Å². The highest BCUT2D eigenvalue weighted by Gasteiger charge is 2.36. The van der Waals surface area contributed by atoms with Gasteiger partial charge in [-0.3, -0.25) is 9.59 Å². The maximum atomic E-state index is 14.0. The van der Waals surface area contributed by atoms with E-state index in [1.165, 1.54) is 36.7 Å². The summed E-state index contributed by atoms with van der Waals surface area (Å²) in [5, 5.41) is 9.76. The van der Waals surface area contributed by atoms with Crippen LogP contribution in [0.3, 0.4) is 0 Å². The first-order chi connectivity index (χ1) is 16.3. The van der Waals surface area contributed by atoms with E-state index in [2.05, 4.69) is 25.9 Å². The minimum Gasteiger partial charge on any atom is -0.488 e. The molecular formula is C23H25FN6O3S. The van der Waals surface area contributed by atoms with Gasteiger partial charge in [0.1, 0.15) is 34.6 Å². The average molecular weight is 485 g/mol. The number of nitrogens with zero attached hydrogens (tertiary/aromatic N) is 2. The van der Waals surface area contributed by atoms with Crippen LogP contribution >= 0.6 is 11.3 Å². The molecular weight excluding hydrogens is 459 g/mol. The van der Waals surface area contributed by atoms with Gasteiger partial charge in [-0.25, -0.2) is 14.4 Å². The second-order valence-corrected chi connectivity index (χ2v) is 9.81. The summed E-state index contributed by atoms with van der Waals surface area (Å²) in [7, 11) is 0. The monoisotopic (exact) mass is 484 g/mol. The van der Waals surface area contributed by atoms with Crippen LogP contribution in [0, 0.1) is 12.7 Å². The number of hydrogen-bond acceptors (Lipinski definition) is 8. The zero-order valence-corrected chi connectivity index (χ0v) is 19.5. The lowest BCUT2D eigenvalue weighted by atomic mass is 9.89. The number of hydrogen-bond donors (Lipinski definition) is 4. The molecule has 2 fully saturated rings. The van der Waals surface area contributed by atoms with Crippen LogP contribution in [0.25, 0.3) is 10.2 Å². The summed E-state index contributed by atoms with van der Waals surface area (Å²) in [6.45, 7) is 3.33. The van der Waals surface area contributed by atoms with E-state index in [0.717, 1.165) is 17.4 Å². The third kappa shape index (κ3) is 4.53. The summed E-state index contributed by atoms with van der Waals surface area (Å²) in [4.78, 5) is 33.9. The molecule has 2 atom stereocenters. The minimum atomic E-state index is -0.421. The van der Waals surface area contributed by atoms with Crippen LogP contribution in [-0.2, 0) is 4.79 Å². The van der Waals surface area contributed by atoms with Crippen molar-refractivity contribution in [1.82, 2.24) is 20.6 Å². The molecule has 34 heavy (non-hydrogen) atoms. The first-order valence-corrected chi connectivity index (χ1v) is 11.9. The van der Waals surface area contributed by atoms with Gasteiger partial charge in [-0.15, -0.1) is 11.3 Å². The van der Waals surface area contributed by atoms with Crippen molar-refractivity contribution in [3.05, 3.63) is 40.8 Å². The largest absolute Gasteiger partial charge is 0.488 e. The molecule has 5 N–H and O–H groups in total. The Balaban J connectivity index is 1.38. The number of benzene rings is 1. The van der Waals surface area contributed by atoms with Gasteiger partial charge in [-0.1, -0.05) is 0 Å². The molecule has 11 heteroatoms. The van der Waals surface area contributed by atoms with Gasteiger partial charge in [0.2, 0.25) is 5.91 Å². The van der Waals surface area contributed by atoms with Gasteiger partial charge in [-0.05, 0) is 31.0 Å². The molecule has 5 rings (SSSR count). The summed E-state index contributed by atoms with van der Waals surface area (Å²) in [5.41, 5.74) is 7.12. The first kappa shape index (κ1) is 22.5. The Morgan fingerprint density at radius 1 is 1.21 bits per heavy atom. The van der Waals surface area contributed by atoms with Gasteiger partial charge in [0, 0.05) is 44.0 Å². The van der Waals surface area contributed by atoms with Crippen molar-refractivity contribution in [2.75, 3.05) is 5.32 Å². The molecule has 2 aliphatic carbocycles. The zero-order valence-electron chi connectivity index (χ0n) is 18.7. The fraction of sp³-hybridized carbons (Fsp3) is 0.391. The zero-order chi connectivity index (χ0) is 24.0. The third-order valence-electron chi connectivity index (χ3n) is 6.08. The van der Waals surface area contributed by atoms with Crippen LogP contribution in [0.2, 0.25) is 0 Å². The van der Waals surface area contributed by atoms with Gasteiger partial charge >= 0.3 is 0 Å². The number of ether oxygens (including phenoxy) is 1. The lowest BCUT2D eigenvalue weighted by molar-refractivity contribution is -0.120. The van der Waals surface area contributed by atoms with Crippen molar-refractivity contribution < 1.29 is 18.7 Å². The summed E-state index contributed by atoms with van der Waals surface area (Å²) in [5.74, 6) is 0.182. The number of fused-ring (bicyclic) bond motifs is 1. The molecule has 3 aromatic rings. The van der Waals surface area contributed by atoms with Crippen LogP contribution in [0.1, 0.15) is 41.4 Å². The number of anilines is 2. The smallest absolute Gasteiger partial charge is 0.261 e. The van der Waals surface area contributed by atoms with E-state index in [1.807, 2.05) is 6.92 Å². The normalized spacial score (nSPS) is 23.2. The van der Waals surface area contributed by atoms with Crippen LogP contribution in [0.4, 0.5) is 15.9 Å². The van der Waals surface area contributed by atoms with E-state index < -0.39 is 5.82 Å². The van der Waals surface area contributed by atoms with Crippen LogP contribution in [-0.4, -0.2) is 46.0 Å². The lowest BCUT2D eigenvalue weighted by Gasteiger charge is -2.36. The molecule has 2 aliphatic rings. The number of carbonyl (C=O) groups excluding carboxylic acids is 2. The SMILES string of the molecule is CC(=O)N[C@H]1C[C@H](Oc2cc(F)ccc2Nc2ncnc3sc(C(=O)NC4CC4N)c(C)c23)C1. The Morgan fingerprint density at radius 3 is 2.68 bits per heavy atom. The molecule has 0 bridgehead atoms.